The maximum absolute atomic E-state index is 9.54. The van der Waals surface area contributed by atoms with Gasteiger partial charge in [-0.05, 0) is 49.8 Å². The monoisotopic (exact) mass is 234 g/mol. The van der Waals surface area contributed by atoms with E-state index in [-0.39, 0.29) is 0 Å². The van der Waals surface area contributed by atoms with Gasteiger partial charge in [0.25, 0.3) is 0 Å². The second-order valence-corrected chi connectivity index (χ2v) is 5.25. The summed E-state index contributed by atoms with van der Waals surface area (Å²) in [6, 6.07) is 5.44. The Labute approximate surface area is 104 Å². The van der Waals surface area contributed by atoms with Gasteiger partial charge < -0.3 is 9.84 Å². The minimum absolute atomic E-state index is 0.324. The molecule has 0 saturated heterocycles. The van der Waals surface area contributed by atoms with Gasteiger partial charge in [-0.2, -0.15) is 0 Å². The molecule has 1 fully saturated rings. The van der Waals surface area contributed by atoms with Gasteiger partial charge in [0, 0.05) is 5.56 Å². The number of phenolic OH excluding ortho intramolecular Hbond substituents is 1. The Balaban J connectivity index is 2.13. The largest absolute Gasteiger partial charge is 0.508 e. The molecule has 0 heterocycles. The van der Waals surface area contributed by atoms with Crippen LogP contribution in [0.5, 0.6) is 11.5 Å². The Hall–Kier alpha value is -1.18. The van der Waals surface area contributed by atoms with Crippen LogP contribution in [0.3, 0.4) is 0 Å². The lowest BCUT2D eigenvalue weighted by Crippen LogP contribution is -2.20. The Morgan fingerprint density at radius 2 is 1.88 bits per heavy atom. The first-order valence-electron chi connectivity index (χ1n) is 6.66. The summed E-state index contributed by atoms with van der Waals surface area (Å²) in [6.07, 6.45) is 6.59. The van der Waals surface area contributed by atoms with Crippen LogP contribution in [0.25, 0.3) is 0 Å². The van der Waals surface area contributed by atoms with Gasteiger partial charge in [0.15, 0.2) is 0 Å². The van der Waals surface area contributed by atoms with Gasteiger partial charge >= 0.3 is 0 Å². The van der Waals surface area contributed by atoms with Crippen LogP contribution in [0.4, 0.5) is 0 Å². The molecule has 2 rings (SSSR count). The number of hydrogen-bond donors (Lipinski definition) is 1. The highest BCUT2D eigenvalue weighted by atomic mass is 16.5. The molecule has 0 spiro atoms. The van der Waals surface area contributed by atoms with Gasteiger partial charge in [0.05, 0.1) is 6.10 Å². The Morgan fingerprint density at radius 3 is 2.53 bits per heavy atom. The fourth-order valence-electron chi connectivity index (χ4n) is 2.46. The zero-order chi connectivity index (χ0) is 12.3. The van der Waals surface area contributed by atoms with Crippen LogP contribution in [-0.4, -0.2) is 11.2 Å². The van der Waals surface area contributed by atoms with Crippen LogP contribution < -0.4 is 4.74 Å². The summed E-state index contributed by atoms with van der Waals surface area (Å²) in [5.41, 5.74) is 1.11. The van der Waals surface area contributed by atoms with Gasteiger partial charge in [0.2, 0.25) is 0 Å². The second-order valence-electron chi connectivity index (χ2n) is 5.25. The van der Waals surface area contributed by atoms with Gasteiger partial charge in [-0.15, -0.1) is 0 Å². The van der Waals surface area contributed by atoms with E-state index in [0.717, 1.165) is 11.3 Å². The molecule has 1 aliphatic carbocycles. The summed E-state index contributed by atoms with van der Waals surface area (Å²) in [4.78, 5) is 0. The molecule has 1 N–H and O–H groups in total. The lowest BCUT2D eigenvalue weighted by atomic mass is 9.97. The zero-order valence-corrected chi connectivity index (χ0v) is 10.8. The standard InChI is InChI=1S/C15H22O2/c1-11(2)14-10-12(16)8-9-15(14)17-13-6-4-3-5-7-13/h8-11,13,16H,3-7H2,1-2H3. The van der Waals surface area contributed by atoms with Crippen molar-refractivity contribution in [2.24, 2.45) is 0 Å². The van der Waals surface area contributed by atoms with Gasteiger partial charge in [-0.1, -0.05) is 20.3 Å². The molecule has 1 aromatic carbocycles. The van der Waals surface area contributed by atoms with Crippen molar-refractivity contribution < 1.29 is 9.84 Å². The summed E-state index contributed by atoms with van der Waals surface area (Å²) < 4.78 is 6.09. The van der Waals surface area contributed by atoms with Gasteiger partial charge in [-0.25, -0.2) is 0 Å². The van der Waals surface area contributed by atoms with Crippen molar-refractivity contribution in [1.29, 1.82) is 0 Å². The first kappa shape index (κ1) is 12.3. The van der Waals surface area contributed by atoms with Crippen LogP contribution in [-0.2, 0) is 0 Å². The summed E-state index contributed by atoms with van der Waals surface area (Å²) in [6.45, 7) is 4.25. The van der Waals surface area contributed by atoms with Crippen LogP contribution in [0.15, 0.2) is 18.2 Å². The predicted molar refractivity (Wildman–Crippen MR) is 69.7 cm³/mol. The quantitative estimate of drug-likeness (QED) is 0.848. The third-order valence-electron chi connectivity index (χ3n) is 3.46. The van der Waals surface area contributed by atoms with Gasteiger partial charge in [-0.3, -0.25) is 0 Å². The van der Waals surface area contributed by atoms with Crippen LogP contribution in [0.2, 0.25) is 0 Å². The molecule has 94 valence electrons. The first-order valence-corrected chi connectivity index (χ1v) is 6.66. The Bertz CT molecular complexity index is 365. The van der Waals surface area contributed by atoms with E-state index >= 15 is 0 Å². The van der Waals surface area contributed by atoms with Crippen molar-refractivity contribution in [3.05, 3.63) is 23.8 Å². The molecule has 1 saturated carbocycles. The normalized spacial score (nSPS) is 17.4. The van der Waals surface area contributed by atoms with E-state index in [1.807, 2.05) is 12.1 Å². The Kier molecular flexibility index (Phi) is 3.93. The molecule has 2 nitrogen and oxygen atoms in total. The average Bonchev–Trinajstić information content (AvgIpc) is 2.32. The number of ether oxygens (including phenoxy) is 1. The fourth-order valence-corrected chi connectivity index (χ4v) is 2.46. The highest BCUT2D eigenvalue weighted by molar-refractivity contribution is 5.41. The average molecular weight is 234 g/mol. The van der Waals surface area contributed by atoms with Crippen molar-refractivity contribution >= 4 is 0 Å². The summed E-state index contributed by atoms with van der Waals surface area (Å²) in [5.74, 6) is 1.65. The number of rotatable bonds is 3. The van der Waals surface area contributed by atoms with Crippen molar-refractivity contribution in [1.82, 2.24) is 0 Å². The van der Waals surface area contributed by atoms with E-state index in [2.05, 4.69) is 13.8 Å². The summed E-state index contributed by atoms with van der Waals surface area (Å²) in [7, 11) is 0. The first-order chi connectivity index (χ1) is 8.16. The van der Waals surface area contributed by atoms with Gasteiger partial charge in [0.1, 0.15) is 11.5 Å². The van der Waals surface area contributed by atoms with E-state index in [0.29, 0.717) is 17.8 Å². The number of benzene rings is 1. The van der Waals surface area contributed by atoms with Crippen LogP contribution in [0, 0.1) is 0 Å². The molecule has 2 heteroatoms. The van der Waals surface area contributed by atoms with E-state index in [9.17, 15) is 5.11 Å². The molecule has 0 aromatic heterocycles. The van der Waals surface area contributed by atoms with Crippen molar-refractivity contribution in [2.75, 3.05) is 0 Å². The van der Waals surface area contributed by atoms with Crippen molar-refractivity contribution in [3.8, 4) is 11.5 Å². The van der Waals surface area contributed by atoms with E-state index in [1.54, 1.807) is 6.07 Å². The molecule has 0 atom stereocenters. The lowest BCUT2D eigenvalue weighted by Gasteiger charge is -2.25. The molecule has 0 aliphatic heterocycles. The van der Waals surface area contributed by atoms with E-state index < -0.39 is 0 Å². The van der Waals surface area contributed by atoms with Crippen molar-refractivity contribution in [3.63, 3.8) is 0 Å². The SMILES string of the molecule is CC(C)c1cc(O)ccc1OC1CCCCC1. The van der Waals surface area contributed by atoms with Crippen LogP contribution in [0.1, 0.15) is 57.4 Å². The maximum Gasteiger partial charge on any atom is 0.123 e. The highest BCUT2D eigenvalue weighted by Gasteiger charge is 2.17. The third-order valence-corrected chi connectivity index (χ3v) is 3.46. The topological polar surface area (TPSA) is 29.5 Å². The highest BCUT2D eigenvalue weighted by Crippen LogP contribution is 2.32. The molecule has 17 heavy (non-hydrogen) atoms. The Morgan fingerprint density at radius 1 is 1.18 bits per heavy atom. The molecule has 0 amide bonds. The maximum atomic E-state index is 9.54. The fraction of sp³-hybridized carbons (Fsp3) is 0.600. The molecular formula is C15H22O2. The minimum Gasteiger partial charge on any atom is -0.508 e. The molecule has 0 bridgehead atoms. The second kappa shape index (κ2) is 5.44. The van der Waals surface area contributed by atoms with E-state index in [4.69, 9.17) is 4.74 Å². The van der Waals surface area contributed by atoms with Crippen LogP contribution >= 0.6 is 0 Å². The predicted octanol–water partition coefficient (Wildman–Crippen LogP) is 4.23. The minimum atomic E-state index is 0.324. The van der Waals surface area contributed by atoms with Crippen molar-refractivity contribution in [2.45, 2.75) is 58.0 Å². The van der Waals surface area contributed by atoms with E-state index in [1.165, 1.54) is 32.1 Å². The number of phenols is 1. The molecular weight excluding hydrogens is 212 g/mol. The number of hydrogen-bond acceptors (Lipinski definition) is 2. The lowest BCUT2D eigenvalue weighted by molar-refractivity contribution is 0.153. The number of aromatic hydroxyl groups is 1. The molecule has 1 aromatic rings. The third kappa shape index (κ3) is 3.15. The molecule has 0 radical (unpaired) electrons. The molecule has 0 unspecified atom stereocenters. The zero-order valence-electron chi connectivity index (χ0n) is 10.8. The summed E-state index contributed by atoms with van der Waals surface area (Å²) in [5, 5.41) is 9.54. The smallest absolute Gasteiger partial charge is 0.123 e. The summed E-state index contributed by atoms with van der Waals surface area (Å²) >= 11 is 0. The molecule has 1 aliphatic rings.